The predicted octanol–water partition coefficient (Wildman–Crippen LogP) is 1.70. The van der Waals surface area contributed by atoms with Crippen LogP contribution in [0.25, 0.3) is 0 Å². The van der Waals surface area contributed by atoms with Crippen LogP contribution in [0.2, 0.25) is 0 Å². The maximum atomic E-state index is 11.6. The third kappa shape index (κ3) is 4.28. The molecule has 0 aliphatic heterocycles. The van der Waals surface area contributed by atoms with Gasteiger partial charge in [0.2, 0.25) is 0 Å². The average Bonchev–Trinajstić information content (AvgIpc) is 2.42. The number of carbonyl (C=O) groups excluding carboxylic acids is 1. The van der Waals surface area contributed by atoms with Gasteiger partial charge in [0.25, 0.3) is 11.4 Å². The summed E-state index contributed by atoms with van der Waals surface area (Å²) < 4.78 is 9.74. The molecule has 1 rings (SSSR count). The molecule has 0 atom stereocenters. The summed E-state index contributed by atoms with van der Waals surface area (Å²) in [5.74, 6) is -0.878. The van der Waals surface area contributed by atoms with Crippen molar-refractivity contribution < 1.29 is 24.1 Å². The minimum atomic E-state index is -0.878. The fraction of sp³-hybridized carbons (Fsp3) is 0.364. The number of esters is 1. The van der Waals surface area contributed by atoms with Crippen molar-refractivity contribution in [2.45, 2.75) is 6.92 Å². The van der Waals surface area contributed by atoms with Crippen LogP contribution in [0.1, 0.15) is 17.3 Å². The average molecular weight is 284 g/mol. The SMILES string of the molecule is CCOCCOC(=O)c1cc([N+](=O)[O-])cc([N+](=O)[O-])c1. The van der Waals surface area contributed by atoms with Gasteiger partial charge < -0.3 is 9.47 Å². The van der Waals surface area contributed by atoms with Gasteiger partial charge in [0.1, 0.15) is 6.61 Å². The van der Waals surface area contributed by atoms with Gasteiger partial charge in [-0.2, -0.15) is 0 Å². The highest BCUT2D eigenvalue weighted by atomic mass is 16.6. The summed E-state index contributed by atoms with van der Waals surface area (Å²) in [7, 11) is 0. The Morgan fingerprint density at radius 1 is 1.10 bits per heavy atom. The number of carbonyl (C=O) groups is 1. The van der Waals surface area contributed by atoms with Crippen LogP contribution in [0.5, 0.6) is 0 Å². The van der Waals surface area contributed by atoms with Crippen LogP contribution in [0.4, 0.5) is 11.4 Å². The van der Waals surface area contributed by atoms with Crippen molar-refractivity contribution in [3.63, 3.8) is 0 Å². The molecule has 0 fully saturated rings. The molecule has 0 N–H and O–H groups in total. The van der Waals surface area contributed by atoms with E-state index in [4.69, 9.17) is 9.47 Å². The molecule has 0 aromatic heterocycles. The van der Waals surface area contributed by atoms with E-state index < -0.39 is 27.2 Å². The summed E-state index contributed by atoms with van der Waals surface area (Å²) in [5.41, 5.74) is -1.34. The van der Waals surface area contributed by atoms with Gasteiger partial charge in [0.05, 0.1) is 28.1 Å². The van der Waals surface area contributed by atoms with Crippen molar-refractivity contribution >= 4 is 17.3 Å². The van der Waals surface area contributed by atoms with E-state index in [2.05, 4.69) is 0 Å². The van der Waals surface area contributed by atoms with Crippen molar-refractivity contribution in [2.75, 3.05) is 19.8 Å². The number of non-ortho nitro benzene ring substituents is 2. The number of nitrogens with zero attached hydrogens (tertiary/aromatic N) is 2. The molecule has 9 nitrogen and oxygen atoms in total. The van der Waals surface area contributed by atoms with E-state index in [1.165, 1.54) is 0 Å². The molecule has 0 heterocycles. The van der Waals surface area contributed by atoms with E-state index >= 15 is 0 Å². The Morgan fingerprint density at radius 2 is 1.65 bits per heavy atom. The Balaban J connectivity index is 2.90. The van der Waals surface area contributed by atoms with Gasteiger partial charge in [0.15, 0.2) is 0 Å². The second kappa shape index (κ2) is 7.14. The van der Waals surface area contributed by atoms with Gasteiger partial charge in [0, 0.05) is 18.7 Å². The number of hydrogen-bond donors (Lipinski definition) is 0. The third-order valence-corrected chi connectivity index (χ3v) is 2.22. The molecule has 0 saturated heterocycles. The molecule has 0 saturated carbocycles. The zero-order valence-corrected chi connectivity index (χ0v) is 10.6. The smallest absolute Gasteiger partial charge is 0.338 e. The molecule has 20 heavy (non-hydrogen) atoms. The minimum absolute atomic E-state index is 0.0385. The number of hydrogen-bond acceptors (Lipinski definition) is 7. The Bertz CT molecular complexity index is 497. The number of nitro groups is 2. The van der Waals surface area contributed by atoms with Crippen LogP contribution in [0, 0.1) is 20.2 Å². The fourth-order valence-corrected chi connectivity index (χ4v) is 1.34. The van der Waals surface area contributed by atoms with E-state index in [0.29, 0.717) is 6.61 Å². The monoisotopic (exact) mass is 284 g/mol. The van der Waals surface area contributed by atoms with Crippen LogP contribution in [0.3, 0.4) is 0 Å². The molecule has 0 amide bonds. The number of rotatable bonds is 7. The topological polar surface area (TPSA) is 122 Å². The molecule has 0 radical (unpaired) electrons. The summed E-state index contributed by atoms with van der Waals surface area (Å²) in [5, 5.41) is 21.3. The molecule has 0 aliphatic carbocycles. The Labute approximate surface area is 113 Å². The molecule has 1 aromatic carbocycles. The standard InChI is InChI=1S/C11H12N2O7/c1-2-19-3-4-20-11(14)8-5-9(12(15)16)7-10(6-8)13(17)18/h5-7H,2-4H2,1H3. The third-order valence-electron chi connectivity index (χ3n) is 2.22. The van der Waals surface area contributed by atoms with E-state index in [0.717, 1.165) is 18.2 Å². The lowest BCUT2D eigenvalue weighted by atomic mass is 10.2. The van der Waals surface area contributed by atoms with Gasteiger partial charge in [-0.15, -0.1) is 0 Å². The van der Waals surface area contributed by atoms with Gasteiger partial charge in [-0.3, -0.25) is 20.2 Å². The molecule has 0 unspecified atom stereocenters. The van der Waals surface area contributed by atoms with E-state index in [1.54, 1.807) is 6.92 Å². The first-order valence-corrected chi connectivity index (χ1v) is 5.64. The highest BCUT2D eigenvalue weighted by Crippen LogP contribution is 2.23. The molecule has 9 heteroatoms. The van der Waals surface area contributed by atoms with Gasteiger partial charge >= 0.3 is 5.97 Å². The summed E-state index contributed by atoms with van der Waals surface area (Å²) in [6, 6.07) is 2.63. The van der Waals surface area contributed by atoms with Crippen molar-refractivity contribution in [2.24, 2.45) is 0 Å². The Kier molecular flexibility index (Phi) is 5.54. The Morgan fingerprint density at radius 3 is 2.10 bits per heavy atom. The van der Waals surface area contributed by atoms with Crippen LogP contribution in [-0.2, 0) is 9.47 Å². The first-order valence-electron chi connectivity index (χ1n) is 5.64. The number of nitro benzene ring substituents is 2. The van der Waals surface area contributed by atoms with Gasteiger partial charge in [-0.1, -0.05) is 0 Å². The Hall–Kier alpha value is -2.55. The molecule has 108 valence electrons. The van der Waals surface area contributed by atoms with Crippen molar-refractivity contribution in [1.29, 1.82) is 0 Å². The summed E-state index contributed by atoms with van der Waals surface area (Å²) in [6.07, 6.45) is 0. The molecule has 0 bridgehead atoms. The van der Waals surface area contributed by atoms with Crippen molar-refractivity contribution in [1.82, 2.24) is 0 Å². The maximum absolute atomic E-state index is 11.6. The second-order valence-corrected chi connectivity index (χ2v) is 3.59. The summed E-state index contributed by atoms with van der Waals surface area (Å²) >= 11 is 0. The molecular formula is C11H12N2O7. The zero-order chi connectivity index (χ0) is 15.1. The van der Waals surface area contributed by atoms with Crippen LogP contribution < -0.4 is 0 Å². The minimum Gasteiger partial charge on any atom is -0.460 e. The van der Waals surface area contributed by atoms with E-state index in [1.807, 2.05) is 0 Å². The number of ether oxygens (including phenoxy) is 2. The highest BCUT2D eigenvalue weighted by molar-refractivity contribution is 5.91. The normalized spacial score (nSPS) is 10.1. The largest absolute Gasteiger partial charge is 0.460 e. The lowest BCUT2D eigenvalue weighted by Gasteiger charge is -2.05. The summed E-state index contributed by atoms with van der Waals surface area (Å²) in [6.45, 7) is 2.37. The predicted molar refractivity (Wildman–Crippen MR) is 66.5 cm³/mol. The zero-order valence-electron chi connectivity index (χ0n) is 10.6. The lowest BCUT2D eigenvalue weighted by Crippen LogP contribution is -2.11. The molecule has 0 spiro atoms. The van der Waals surface area contributed by atoms with Crippen molar-refractivity contribution in [3.8, 4) is 0 Å². The second-order valence-electron chi connectivity index (χ2n) is 3.59. The summed E-state index contributed by atoms with van der Waals surface area (Å²) in [4.78, 5) is 31.3. The van der Waals surface area contributed by atoms with Crippen LogP contribution in [0.15, 0.2) is 18.2 Å². The maximum Gasteiger partial charge on any atom is 0.338 e. The van der Waals surface area contributed by atoms with Crippen LogP contribution >= 0.6 is 0 Å². The highest BCUT2D eigenvalue weighted by Gasteiger charge is 2.20. The van der Waals surface area contributed by atoms with Crippen molar-refractivity contribution in [3.05, 3.63) is 44.0 Å². The van der Waals surface area contributed by atoms with Gasteiger partial charge in [-0.05, 0) is 6.92 Å². The first kappa shape index (κ1) is 15.5. The van der Waals surface area contributed by atoms with Gasteiger partial charge in [-0.25, -0.2) is 4.79 Å². The molecule has 0 aliphatic rings. The number of benzene rings is 1. The van der Waals surface area contributed by atoms with E-state index in [9.17, 15) is 25.0 Å². The quantitative estimate of drug-likeness (QED) is 0.323. The van der Waals surface area contributed by atoms with E-state index in [-0.39, 0.29) is 18.8 Å². The molecular weight excluding hydrogens is 272 g/mol. The van der Waals surface area contributed by atoms with Crippen LogP contribution in [-0.4, -0.2) is 35.6 Å². The first-order chi connectivity index (χ1) is 9.45. The lowest BCUT2D eigenvalue weighted by molar-refractivity contribution is -0.394. The fourth-order valence-electron chi connectivity index (χ4n) is 1.34. The molecule has 1 aromatic rings.